The van der Waals surface area contributed by atoms with Crippen LogP contribution in [0.4, 0.5) is 5.69 Å². The van der Waals surface area contributed by atoms with Crippen LogP contribution in [-0.2, 0) is 0 Å². The number of hydrogen-bond acceptors (Lipinski definition) is 3. The number of anilines is 1. The molecule has 0 bridgehead atoms. The van der Waals surface area contributed by atoms with Crippen molar-refractivity contribution >= 4 is 11.6 Å². The third-order valence-electron chi connectivity index (χ3n) is 2.97. The third kappa shape index (κ3) is 4.28. The molecule has 4 N–H and O–H groups in total. The Morgan fingerprint density at radius 1 is 1.42 bits per heavy atom. The first kappa shape index (κ1) is 15.6. The van der Waals surface area contributed by atoms with Gasteiger partial charge in [-0.1, -0.05) is 13.8 Å². The molecular formula is C14H25N3O2. The predicted octanol–water partition coefficient (Wildman–Crippen LogP) is 1.79. The van der Waals surface area contributed by atoms with Crippen molar-refractivity contribution in [2.75, 3.05) is 12.3 Å². The van der Waals surface area contributed by atoms with Crippen molar-refractivity contribution in [3.63, 3.8) is 0 Å². The monoisotopic (exact) mass is 267 g/mol. The molecule has 5 nitrogen and oxygen atoms in total. The second-order valence-corrected chi connectivity index (χ2v) is 5.64. The maximum absolute atomic E-state index is 12.2. The van der Waals surface area contributed by atoms with Crippen molar-refractivity contribution in [2.45, 2.75) is 46.2 Å². The lowest BCUT2D eigenvalue weighted by Gasteiger charge is -2.19. The van der Waals surface area contributed by atoms with Gasteiger partial charge in [0, 0.05) is 12.2 Å². The van der Waals surface area contributed by atoms with Crippen LogP contribution in [-0.4, -0.2) is 28.2 Å². The highest BCUT2D eigenvalue weighted by atomic mass is 16.3. The number of hydrogen-bond donors (Lipinski definition) is 3. The van der Waals surface area contributed by atoms with Gasteiger partial charge in [0.2, 0.25) is 0 Å². The van der Waals surface area contributed by atoms with Crippen LogP contribution in [0.15, 0.2) is 12.3 Å². The summed E-state index contributed by atoms with van der Waals surface area (Å²) in [5, 5.41) is 12.2. The standard InChI is InChI=1S/C14H25N3O2/c1-9(2)5-12(8-18)16-14(19)13-6-11(15)7-17(13)10(3)4/h6-7,9-10,12,18H,5,8,15H2,1-4H3,(H,16,19). The number of aromatic nitrogens is 1. The van der Waals surface area contributed by atoms with Crippen molar-refractivity contribution in [1.29, 1.82) is 0 Å². The van der Waals surface area contributed by atoms with E-state index in [9.17, 15) is 9.90 Å². The first-order valence-corrected chi connectivity index (χ1v) is 6.74. The third-order valence-corrected chi connectivity index (χ3v) is 2.97. The fourth-order valence-corrected chi connectivity index (χ4v) is 2.12. The lowest BCUT2D eigenvalue weighted by atomic mass is 10.0. The van der Waals surface area contributed by atoms with Crippen molar-refractivity contribution in [3.8, 4) is 0 Å². The number of nitrogens with two attached hydrogens (primary N) is 1. The van der Waals surface area contributed by atoms with Gasteiger partial charge < -0.3 is 20.7 Å². The van der Waals surface area contributed by atoms with Crippen molar-refractivity contribution in [2.24, 2.45) is 5.92 Å². The quantitative estimate of drug-likeness (QED) is 0.735. The smallest absolute Gasteiger partial charge is 0.268 e. The van der Waals surface area contributed by atoms with Gasteiger partial charge in [-0.05, 0) is 32.3 Å². The highest BCUT2D eigenvalue weighted by Gasteiger charge is 2.18. The van der Waals surface area contributed by atoms with E-state index in [1.165, 1.54) is 0 Å². The summed E-state index contributed by atoms with van der Waals surface area (Å²) in [6.07, 6.45) is 2.51. The van der Waals surface area contributed by atoms with Crippen LogP contribution in [0.2, 0.25) is 0 Å². The summed E-state index contributed by atoms with van der Waals surface area (Å²) in [4.78, 5) is 12.2. The average molecular weight is 267 g/mol. The molecule has 0 aromatic carbocycles. The lowest BCUT2D eigenvalue weighted by molar-refractivity contribution is 0.0897. The van der Waals surface area contributed by atoms with Crippen LogP contribution in [0, 0.1) is 5.92 Å². The van der Waals surface area contributed by atoms with Crippen molar-refractivity contribution in [3.05, 3.63) is 18.0 Å². The minimum absolute atomic E-state index is 0.0538. The summed E-state index contributed by atoms with van der Waals surface area (Å²) >= 11 is 0. The molecule has 108 valence electrons. The van der Waals surface area contributed by atoms with Crippen LogP contribution in [0.25, 0.3) is 0 Å². The lowest BCUT2D eigenvalue weighted by Crippen LogP contribution is -2.39. The maximum Gasteiger partial charge on any atom is 0.268 e. The predicted molar refractivity (Wildman–Crippen MR) is 77.0 cm³/mol. The summed E-state index contributed by atoms with van der Waals surface area (Å²) < 4.78 is 1.84. The molecule has 0 spiro atoms. The Kier molecular flexibility index (Phi) is 5.42. The van der Waals surface area contributed by atoms with E-state index in [-0.39, 0.29) is 24.6 Å². The maximum atomic E-state index is 12.2. The molecule has 1 atom stereocenters. The Hall–Kier alpha value is -1.49. The first-order chi connectivity index (χ1) is 8.85. The molecule has 0 aliphatic heterocycles. The second-order valence-electron chi connectivity index (χ2n) is 5.64. The molecule has 0 saturated heterocycles. The molecule has 1 rings (SSSR count). The second kappa shape index (κ2) is 6.61. The van der Waals surface area contributed by atoms with Gasteiger partial charge in [-0.25, -0.2) is 0 Å². The van der Waals surface area contributed by atoms with Crippen LogP contribution in [0.1, 0.15) is 50.6 Å². The number of nitrogen functional groups attached to an aromatic ring is 1. The number of amides is 1. The van der Waals surface area contributed by atoms with Gasteiger partial charge in [0.05, 0.1) is 18.3 Å². The van der Waals surface area contributed by atoms with Gasteiger partial charge in [-0.2, -0.15) is 0 Å². The van der Waals surface area contributed by atoms with Crippen LogP contribution < -0.4 is 11.1 Å². The molecule has 0 aliphatic carbocycles. The molecule has 0 aliphatic rings. The minimum atomic E-state index is -0.218. The summed E-state index contributed by atoms with van der Waals surface area (Å²) in [6, 6.07) is 1.61. The number of nitrogens with one attached hydrogen (secondary N) is 1. The van der Waals surface area contributed by atoms with E-state index in [4.69, 9.17) is 5.73 Å². The zero-order valence-corrected chi connectivity index (χ0v) is 12.2. The molecule has 5 heteroatoms. The number of carbonyl (C=O) groups excluding carboxylic acids is 1. The Balaban J connectivity index is 2.82. The average Bonchev–Trinajstić information content (AvgIpc) is 2.70. The van der Waals surface area contributed by atoms with Crippen molar-refractivity contribution < 1.29 is 9.90 Å². The van der Waals surface area contributed by atoms with Gasteiger partial charge in [0.25, 0.3) is 5.91 Å². The van der Waals surface area contributed by atoms with Gasteiger partial charge in [-0.3, -0.25) is 4.79 Å². The molecule has 1 amide bonds. The Morgan fingerprint density at radius 2 is 2.05 bits per heavy atom. The van der Waals surface area contributed by atoms with E-state index in [2.05, 4.69) is 19.2 Å². The number of rotatable bonds is 6. The number of carbonyl (C=O) groups is 1. The molecule has 1 unspecified atom stereocenters. The number of aliphatic hydroxyl groups excluding tert-OH is 1. The van der Waals surface area contributed by atoms with E-state index < -0.39 is 0 Å². The Bertz CT molecular complexity index is 424. The van der Waals surface area contributed by atoms with E-state index >= 15 is 0 Å². The molecule has 1 aromatic heterocycles. The fourth-order valence-electron chi connectivity index (χ4n) is 2.12. The molecule has 0 saturated carbocycles. The van der Waals surface area contributed by atoms with Crippen LogP contribution in [0.3, 0.4) is 0 Å². The zero-order chi connectivity index (χ0) is 14.6. The van der Waals surface area contributed by atoms with Gasteiger partial charge >= 0.3 is 0 Å². The van der Waals surface area contributed by atoms with E-state index in [0.29, 0.717) is 17.3 Å². The van der Waals surface area contributed by atoms with Crippen LogP contribution >= 0.6 is 0 Å². The molecule has 1 aromatic rings. The summed E-state index contributed by atoms with van der Waals surface area (Å²) in [7, 11) is 0. The molecule has 19 heavy (non-hydrogen) atoms. The molecule has 0 fully saturated rings. The first-order valence-electron chi connectivity index (χ1n) is 6.74. The zero-order valence-electron chi connectivity index (χ0n) is 12.2. The highest BCUT2D eigenvalue weighted by molar-refractivity contribution is 5.94. The minimum Gasteiger partial charge on any atom is -0.397 e. The molecular weight excluding hydrogens is 242 g/mol. The molecule has 1 heterocycles. The highest BCUT2D eigenvalue weighted by Crippen LogP contribution is 2.17. The SMILES string of the molecule is CC(C)CC(CO)NC(=O)c1cc(N)cn1C(C)C. The molecule has 0 radical (unpaired) electrons. The van der Waals surface area contributed by atoms with Crippen molar-refractivity contribution in [1.82, 2.24) is 9.88 Å². The Labute approximate surface area is 114 Å². The van der Waals surface area contributed by atoms with E-state index in [1.807, 2.05) is 18.4 Å². The Morgan fingerprint density at radius 3 is 2.53 bits per heavy atom. The number of nitrogens with zero attached hydrogens (tertiary/aromatic N) is 1. The fraction of sp³-hybridized carbons (Fsp3) is 0.643. The van der Waals surface area contributed by atoms with Gasteiger partial charge in [-0.15, -0.1) is 0 Å². The number of aliphatic hydroxyl groups is 1. The van der Waals surface area contributed by atoms with Crippen LogP contribution in [0.5, 0.6) is 0 Å². The summed E-state index contributed by atoms with van der Waals surface area (Å²) in [6.45, 7) is 8.05. The van der Waals surface area contributed by atoms with E-state index in [0.717, 1.165) is 6.42 Å². The largest absolute Gasteiger partial charge is 0.397 e. The summed E-state index contributed by atoms with van der Waals surface area (Å²) in [5.74, 6) is 0.226. The normalized spacial score (nSPS) is 13.0. The van der Waals surface area contributed by atoms with Gasteiger partial charge in [0.1, 0.15) is 5.69 Å². The van der Waals surface area contributed by atoms with Gasteiger partial charge in [0.15, 0.2) is 0 Å². The topological polar surface area (TPSA) is 80.3 Å². The van der Waals surface area contributed by atoms with E-state index in [1.54, 1.807) is 12.3 Å². The summed E-state index contributed by atoms with van der Waals surface area (Å²) in [5.41, 5.74) is 6.86.